The number of hydrogen-bond acceptors (Lipinski definition) is 2. The van der Waals surface area contributed by atoms with Crippen molar-refractivity contribution in [2.45, 2.75) is 71.9 Å². The van der Waals surface area contributed by atoms with Gasteiger partial charge in [0.25, 0.3) is 0 Å². The Hall–Kier alpha value is -0.0800. The van der Waals surface area contributed by atoms with Crippen LogP contribution in [0.15, 0.2) is 0 Å². The monoisotopic (exact) mass is 239 g/mol. The Morgan fingerprint density at radius 2 is 1.88 bits per heavy atom. The second-order valence-electron chi connectivity index (χ2n) is 7.15. The van der Waals surface area contributed by atoms with E-state index in [1.165, 1.54) is 25.7 Å². The second-order valence-corrected chi connectivity index (χ2v) is 7.15. The molecule has 2 heteroatoms. The molecule has 0 aromatic rings. The van der Waals surface area contributed by atoms with Crippen LogP contribution in [0.2, 0.25) is 0 Å². The molecule has 0 bridgehead atoms. The van der Waals surface area contributed by atoms with Crippen molar-refractivity contribution in [3.63, 3.8) is 0 Å². The maximum absolute atomic E-state index is 6.37. The minimum Gasteiger partial charge on any atom is -0.378 e. The zero-order valence-electron chi connectivity index (χ0n) is 12.0. The highest BCUT2D eigenvalue weighted by Gasteiger charge is 2.66. The fraction of sp³-hybridized carbons (Fsp3) is 1.00. The molecule has 2 nitrogen and oxygen atoms in total. The number of nitrogens with two attached hydrogens (primary N) is 1. The minimum absolute atomic E-state index is 0.376. The fourth-order valence-corrected chi connectivity index (χ4v) is 3.94. The summed E-state index contributed by atoms with van der Waals surface area (Å²) in [6.45, 7) is 10.4. The molecule has 2 unspecified atom stereocenters. The molecule has 2 fully saturated rings. The highest BCUT2D eigenvalue weighted by Crippen LogP contribution is 2.69. The molecule has 100 valence electrons. The molecule has 0 aromatic carbocycles. The van der Waals surface area contributed by atoms with E-state index in [-0.39, 0.29) is 0 Å². The summed E-state index contributed by atoms with van der Waals surface area (Å²) < 4.78 is 5.65. The molecule has 1 saturated carbocycles. The van der Waals surface area contributed by atoms with E-state index in [9.17, 15) is 0 Å². The quantitative estimate of drug-likeness (QED) is 0.798. The van der Waals surface area contributed by atoms with Gasteiger partial charge < -0.3 is 10.5 Å². The predicted molar refractivity (Wildman–Crippen MR) is 71.9 cm³/mol. The van der Waals surface area contributed by atoms with E-state index in [4.69, 9.17) is 10.5 Å². The molecule has 0 radical (unpaired) electrons. The first-order chi connectivity index (χ1) is 7.87. The van der Waals surface area contributed by atoms with E-state index < -0.39 is 0 Å². The second kappa shape index (κ2) is 4.55. The summed E-state index contributed by atoms with van der Waals surface area (Å²) in [5.41, 5.74) is 7.23. The normalized spacial score (nSPS) is 32.6. The summed E-state index contributed by atoms with van der Waals surface area (Å²) in [5.74, 6) is 0.694. The van der Waals surface area contributed by atoms with Gasteiger partial charge in [-0.2, -0.15) is 0 Å². The van der Waals surface area contributed by atoms with Crippen molar-refractivity contribution in [1.82, 2.24) is 0 Å². The summed E-state index contributed by atoms with van der Waals surface area (Å²) in [4.78, 5) is 0. The van der Waals surface area contributed by atoms with Crippen LogP contribution in [-0.4, -0.2) is 18.8 Å². The number of hydrogen-bond donors (Lipinski definition) is 1. The van der Waals surface area contributed by atoms with Crippen molar-refractivity contribution >= 4 is 0 Å². The Morgan fingerprint density at radius 3 is 2.35 bits per heavy atom. The lowest BCUT2D eigenvalue weighted by molar-refractivity contribution is 0.101. The van der Waals surface area contributed by atoms with Crippen molar-refractivity contribution in [3.05, 3.63) is 0 Å². The highest BCUT2D eigenvalue weighted by molar-refractivity contribution is 5.15. The first-order valence-electron chi connectivity index (χ1n) is 7.24. The highest BCUT2D eigenvalue weighted by atomic mass is 16.5. The lowest BCUT2D eigenvalue weighted by Crippen LogP contribution is -2.26. The minimum atomic E-state index is 0.376. The van der Waals surface area contributed by atoms with Crippen molar-refractivity contribution in [2.75, 3.05) is 6.61 Å². The van der Waals surface area contributed by atoms with E-state index in [2.05, 4.69) is 27.7 Å². The molecule has 2 aliphatic rings. The maximum atomic E-state index is 6.37. The average Bonchev–Trinajstić information content (AvgIpc) is 2.58. The van der Waals surface area contributed by atoms with Gasteiger partial charge in [0.15, 0.2) is 0 Å². The number of rotatable bonds is 5. The van der Waals surface area contributed by atoms with E-state index in [1.807, 2.05) is 0 Å². The molecule has 2 rings (SSSR count). The van der Waals surface area contributed by atoms with Gasteiger partial charge in [-0.25, -0.2) is 0 Å². The Balaban J connectivity index is 1.70. The van der Waals surface area contributed by atoms with Gasteiger partial charge in [0, 0.05) is 12.6 Å². The van der Waals surface area contributed by atoms with Gasteiger partial charge in [0.05, 0.1) is 6.10 Å². The Morgan fingerprint density at radius 1 is 1.24 bits per heavy atom. The van der Waals surface area contributed by atoms with Crippen LogP contribution in [0.4, 0.5) is 0 Å². The van der Waals surface area contributed by atoms with E-state index in [0.29, 0.717) is 28.9 Å². The van der Waals surface area contributed by atoms with Crippen LogP contribution < -0.4 is 5.73 Å². The van der Waals surface area contributed by atoms with Gasteiger partial charge in [-0.3, -0.25) is 0 Å². The summed E-state index contributed by atoms with van der Waals surface area (Å²) in [5, 5.41) is 0. The van der Waals surface area contributed by atoms with Crippen LogP contribution in [0.1, 0.15) is 59.8 Å². The first kappa shape index (κ1) is 13.4. The van der Waals surface area contributed by atoms with E-state index in [1.54, 1.807) is 0 Å². The molecule has 0 aromatic heterocycles. The maximum Gasteiger partial charge on any atom is 0.0576 e. The fourth-order valence-electron chi connectivity index (χ4n) is 3.94. The van der Waals surface area contributed by atoms with Crippen LogP contribution in [0.25, 0.3) is 0 Å². The van der Waals surface area contributed by atoms with E-state index >= 15 is 0 Å². The van der Waals surface area contributed by atoms with Crippen LogP contribution in [0.5, 0.6) is 0 Å². The lowest BCUT2D eigenvalue weighted by atomic mass is 9.98. The summed E-state index contributed by atoms with van der Waals surface area (Å²) >= 11 is 0. The van der Waals surface area contributed by atoms with Gasteiger partial charge in [0.2, 0.25) is 0 Å². The van der Waals surface area contributed by atoms with Gasteiger partial charge in [-0.1, -0.05) is 27.7 Å². The van der Waals surface area contributed by atoms with Gasteiger partial charge >= 0.3 is 0 Å². The molecular formula is C15H29NO. The van der Waals surface area contributed by atoms with Crippen LogP contribution in [0, 0.1) is 16.7 Å². The Kier molecular flexibility index (Phi) is 3.57. The largest absolute Gasteiger partial charge is 0.378 e. The third-order valence-corrected chi connectivity index (χ3v) is 5.65. The molecule has 1 aliphatic carbocycles. The molecule has 17 heavy (non-hydrogen) atoms. The van der Waals surface area contributed by atoms with Crippen molar-refractivity contribution in [2.24, 2.45) is 22.5 Å². The zero-order valence-corrected chi connectivity index (χ0v) is 12.0. The van der Waals surface area contributed by atoms with Crippen molar-refractivity contribution in [1.29, 1.82) is 0 Å². The average molecular weight is 239 g/mol. The third-order valence-electron chi connectivity index (χ3n) is 5.65. The first-order valence-corrected chi connectivity index (χ1v) is 7.24. The smallest absolute Gasteiger partial charge is 0.0576 e. The molecule has 0 amide bonds. The van der Waals surface area contributed by atoms with E-state index in [0.717, 1.165) is 13.0 Å². The Bertz CT molecular complexity index is 252. The zero-order chi connectivity index (χ0) is 12.7. The standard InChI is InChI=1S/C15H29NO/c1-14(2)13(15(14,3)4)12(16)9-5-7-11-8-6-10-17-11/h11-13H,5-10,16H2,1-4H3. The van der Waals surface area contributed by atoms with Gasteiger partial charge in [-0.15, -0.1) is 0 Å². The molecule has 1 heterocycles. The topological polar surface area (TPSA) is 35.2 Å². The molecule has 0 spiro atoms. The SMILES string of the molecule is CC1(C)C(C(N)CCCC2CCCO2)C1(C)C. The van der Waals surface area contributed by atoms with Crippen LogP contribution in [-0.2, 0) is 4.74 Å². The molecule has 1 saturated heterocycles. The summed E-state index contributed by atoms with van der Waals surface area (Å²) in [7, 11) is 0. The summed E-state index contributed by atoms with van der Waals surface area (Å²) in [6.07, 6.45) is 6.64. The molecular weight excluding hydrogens is 210 g/mol. The van der Waals surface area contributed by atoms with Crippen LogP contribution >= 0.6 is 0 Å². The number of ether oxygens (including phenoxy) is 1. The van der Waals surface area contributed by atoms with Gasteiger partial charge in [-0.05, 0) is 48.9 Å². The molecule has 2 N–H and O–H groups in total. The van der Waals surface area contributed by atoms with Crippen LogP contribution in [0.3, 0.4) is 0 Å². The molecule has 2 atom stereocenters. The van der Waals surface area contributed by atoms with Crippen molar-refractivity contribution in [3.8, 4) is 0 Å². The van der Waals surface area contributed by atoms with Crippen molar-refractivity contribution < 1.29 is 4.74 Å². The third kappa shape index (κ3) is 2.39. The lowest BCUT2D eigenvalue weighted by Gasteiger charge is -2.15. The predicted octanol–water partition coefficient (Wildman–Crippen LogP) is 3.35. The molecule has 1 aliphatic heterocycles. The Labute approximate surface area is 106 Å². The van der Waals surface area contributed by atoms with Gasteiger partial charge in [0.1, 0.15) is 0 Å². The summed E-state index contributed by atoms with van der Waals surface area (Å²) in [6, 6.07) is 0.376.